The number of para-hydroxylation sites is 4. The van der Waals surface area contributed by atoms with Gasteiger partial charge in [0.25, 0.3) is 0 Å². The lowest BCUT2D eigenvalue weighted by atomic mass is 10.0. The van der Waals surface area contributed by atoms with E-state index in [-0.39, 0.29) is 6.04 Å². The molecule has 0 radical (unpaired) electrons. The summed E-state index contributed by atoms with van der Waals surface area (Å²) in [7, 11) is 0. The van der Waals surface area contributed by atoms with Gasteiger partial charge in [-0.1, -0.05) is 91.0 Å². The molecule has 0 saturated carbocycles. The molecule has 0 aliphatic carbocycles. The Morgan fingerprint density at radius 3 is 1.86 bits per heavy atom. The lowest BCUT2D eigenvalue weighted by Crippen LogP contribution is -2.25. The number of fused-ring (bicyclic) bond motifs is 6. The van der Waals surface area contributed by atoms with Gasteiger partial charge in [0.2, 0.25) is 0 Å². The number of nitrogens with zero attached hydrogens (tertiary/aromatic N) is 4. The van der Waals surface area contributed by atoms with E-state index in [4.69, 9.17) is 15.4 Å². The first-order valence-electron chi connectivity index (χ1n) is 16.4. The van der Waals surface area contributed by atoms with E-state index in [0.29, 0.717) is 11.4 Å². The summed E-state index contributed by atoms with van der Waals surface area (Å²) >= 11 is 2.05. The summed E-state index contributed by atoms with van der Waals surface area (Å²) in [6.45, 7) is 0. The zero-order valence-electron chi connectivity index (χ0n) is 26.8. The minimum absolute atomic E-state index is 0.242. The van der Waals surface area contributed by atoms with Crippen molar-refractivity contribution >= 4 is 78.0 Å². The van der Waals surface area contributed by atoms with Crippen LogP contribution in [0.2, 0.25) is 0 Å². The minimum atomic E-state index is -0.242. The SMILES string of the molecule is N=C(/C=C\NI)c1cc(-c2cccc(-n3c4ccccc4c4ccccc43)n2)nc(C2C=CC=C(n3c4ccccc4c4ccccc43)N2)c1. The monoisotopic (exact) mass is 759 g/mol. The smallest absolute Gasteiger partial charge is 0.138 e. The molecule has 8 heteroatoms. The molecule has 3 N–H and O–H groups in total. The molecule has 1 aliphatic heterocycles. The maximum atomic E-state index is 8.94. The van der Waals surface area contributed by atoms with E-state index < -0.39 is 0 Å². The minimum Gasteiger partial charge on any atom is -0.359 e. The average Bonchev–Trinajstić information content (AvgIpc) is 3.70. The summed E-state index contributed by atoms with van der Waals surface area (Å²) in [5, 5.41) is 17.5. The second-order valence-corrected chi connectivity index (χ2v) is 12.8. The van der Waals surface area contributed by atoms with Crippen molar-refractivity contribution in [2.75, 3.05) is 0 Å². The fourth-order valence-electron chi connectivity index (χ4n) is 7.08. The van der Waals surface area contributed by atoms with Crippen molar-refractivity contribution in [3.05, 3.63) is 169 Å². The van der Waals surface area contributed by atoms with Gasteiger partial charge >= 0.3 is 0 Å². The summed E-state index contributed by atoms with van der Waals surface area (Å²) in [5.74, 6) is 1.77. The van der Waals surface area contributed by atoms with Crippen LogP contribution in [0.1, 0.15) is 17.3 Å². The highest BCUT2D eigenvalue weighted by Gasteiger charge is 2.21. The molecule has 50 heavy (non-hydrogen) atoms. The van der Waals surface area contributed by atoms with E-state index >= 15 is 0 Å². The highest BCUT2D eigenvalue weighted by Crippen LogP contribution is 2.34. The number of allylic oxidation sites excluding steroid dienone is 3. The predicted molar refractivity (Wildman–Crippen MR) is 214 cm³/mol. The number of pyridine rings is 2. The molecule has 1 aliphatic rings. The van der Waals surface area contributed by atoms with Crippen LogP contribution >= 0.6 is 22.9 Å². The van der Waals surface area contributed by atoms with E-state index in [1.807, 2.05) is 30.3 Å². The molecular weight excluding hydrogens is 729 g/mol. The van der Waals surface area contributed by atoms with Gasteiger partial charge in [-0.3, -0.25) is 9.13 Å². The number of benzene rings is 4. The maximum Gasteiger partial charge on any atom is 0.138 e. The first-order chi connectivity index (χ1) is 24.7. The molecule has 0 bridgehead atoms. The largest absolute Gasteiger partial charge is 0.359 e. The Balaban J connectivity index is 1.15. The van der Waals surface area contributed by atoms with Crippen LogP contribution in [0.15, 0.2) is 158 Å². The van der Waals surface area contributed by atoms with Crippen LogP contribution in [-0.4, -0.2) is 24.8 Å². The predicted octanol–water partition coefficient (Wildman–Crippen LogP) is 9.87. The molecule has 5 heterocycles. The molecule has 4 aromatic carbocycles. The third-order valence-electron chi connectivity index (χ3n) is 9.28. The van der Waals surface area contributed by atoms with Crippen LogP contribution < -0.4 is 8.85 Å². The van der Waals surface area contributed by atoms with Gasteiger partial charge in [-0.15, -0.1) is 0 Å². The van der Waals surface area contributed by atoms with Gasteiger partial charge in [-0.25, -0.2) is 9.97 Å². The van der Waals surface area contributed by atoms with Crippen LogP contribution in [0.25, 0.3) is 66.6 Å². The molecule has 1 atom stereocenters. The number of hydrogen-bond acceptors (Lipinski definition) is 5. The number of dihydropyridines is 1. The van der Waals surface area contributed by atoms with Crippen molar-refractivity contribution in [2.45, 2.75) is 6.04 Å². The van der Waals surface area contributed by atoms with Gasteiger partial charge in [0.15, 0.2) is 0 Å². The van der Waals surface area contributed by atoms with Crippen molar-refractivity contribution in [3.8, 4) is 17.2 Å². The molecule has 7 nitrogen and oxygen atoms in total. The quantitative estimate of drug-likeness (QED) is 0.0859. The van der Waals surface area contributed by atoms with Crippen molar-refractivity contribution in [1.82, 2.24) is 27.9 Å². The Labute approximate surface area is 302 Å². The topological polar surface area (TPSA) is 83.6 Å². The zero-order valence-corrected chi connectivity index (χ0v) is 28.9. The van der Waals surface area contributed by atoms with Crippen molar-refractivity contribution in [3.63, 3.8) is 0 Å². The highest BCUT2D eigenvalue weighted by atomic mass is 127. The van der Waals surface area contributed by atoms with Crippen LogP contribution in [0.5, 0.6) is 0 Å². The lowest BCUT2D eigenvalue weighted by Gasteiger charge is -2.24. The highest BCUT2D eigenvalue weighted by molar-refractivity contribution is 14.1. The van der Waals surface area contributed by atoms with Crippen LogP contribution in [0, 0.1) is 5.41 Å². The van der Waals surface area contributed by atoms with Gasteiger partial charge < -0.3 is 14.3 Å². The van der Waals surface area contributed by atoms with Crippen LogP contribution in [-0.2, 0) is 0 Å². The third-order valence-corrected chi connectivity index (χ3v) is 9.64. The zero-order chi connectivity index (χ0) is 33.6. The Morgan fingerprint density at radius 1 is 0.680 bits per heavy atom. The standard InChI is InChI=1S/C42H30IN7/c43-45-24-23-32(44)27-25-35(33-15-9-21-41(47-33)49-37-17-5-1-11-28(37)29-12-2-6-18-38(29)49)46-36(26-27)34-16-10-22-42(48-34)50-39-19-7-3-13-30(39)31-14-4-8-20-40(31)50/h1-26,33,44-45,47H/b24-23-,44-32?. The van der Waals surface area contributed by atoms with E-state index in [2.05, 4.69) is 156 Å². The Bertz CT molecular complexity index is 2610. The van der Waals surface area contributed by atoms with E-state index in [9.17, 15) is 0 Å². The Kier molecular flexibility index (Phi) is 7.50. The first kappa shape index (κ1) is 30.1. The van der Waals surface area contributed by atoms with Crippen molar-refractivity contribution in [2.24, 2.45) is 0 Å². The van der Waals surface area contributed by atoms with E-state index in [1.54, 1.807) is 12.3 Å². The maximum absolute atomic E-state index is 8.94. The number of rotatable bonds is 7. The second-order valence-electron chi connectivity index (χ2n) is 12.2. The first-order valence-corrected chi connectivity index (χ1v) is 17.5. The molecule has 0 saturated heterocycles. The molecule has 1 unspecified atom stereocenters. The summed E-state index contributed by atoms with van der Waals surface area (Å²) in [4.78, 5) is 10.4. The fraction of sp³-hybridized carbons (Fsp3) is 0.0238. The van der Waals surface area contributed by atoms with Crippen molar-refractivity contribution < 1.29 is 0 Å². The number of aromatic nitrogens is 4. The third kappa shape index (κ3) is 5.07. The fourth-order valence-corrected chi connectivity index (χ4v) is 7.26. The summed E-state index contributed by atoms with van der Waals surface area (Å²) in [6, 6.07) is 43.6. The molecule has 0 fully saturated rings. The van der Waals surface area contributed by atoms with Crippen molar-refractivity contribution in [1.29, 1.82) is 5.41 Å². The van der Waals surface area contributed by atoms with Crippen LogP contribution in [0.4, 0.5) is 0 Å². The molecule has 0 spiro atoms. The molecule has 240 valence electrons. The van der Waals surface area contributed by atoms with Gasteiger partial charge in [-0.2, -0.15) is 0 Å². The van der Waals surface area contributed by atoms with Gasteiger partial charge in [-0.05, 0) is 60.7 Å². The Morgan fingerprint density at radius 2 is 1.26 bits per heavy atom. The molecule has 9 rings (SSSR count). The summed E-state index contributed by atoms with van der Waals surface area (Å²) < 4.78 is 7.47. The summed E-state index contributed by atoms with van der Waals surface area (Å²) in [6.07, 6.45) is 9.81. The lowest BCUT2D eigenvalue weighted by molar-refractivity contribution is 0.713. The summed E-state index contributed by atoms with van der Waals surface area (Å²) in [5.41, 5.74) is 7.81. The van der Waals surface area contributed by atoms with Gasteiger partial charge in [0.05, 0.1) is 73.8 Å². The number of halogens is 1. The number of nitrogens with one attached hydrogen (secondary N) is 3. The molecular formula is C42H30IN7. The van der Waals surface area contributed by atoms with Crippen LogP contribution in [0.3, 0.4) is 0 Å². The van der Waals surface area contributed by atoms with Gasteiger partial charge in [0.1, 0.15) is 11.6 Å². The average molecular weight is 760 g/mol. The molecule has 4 aromatic heterocycles. The Hall–Kier alpha value is -6.00. The second kappa shape index (κ2) is 12.5. The van der Waals surface area contributed by atoms with E-state index in [0.717, 1.165) is 50.7 Å². The number of hydrogen-bond donors (Lipinski definition) is 3. The normalized spacial score (nSPS) is 14.5. The molecule has 0 amide bonds. The van der Waals surface area contributed by atoms with Gasteiger partial charge in [0, 0.05) is 33.3 Å². The molecule has 8 aromatic rings. The van der Waals surface area contributed by atoms with E-state index in [1.165, 1.54) is 21.5 Å².